The molecule has 4 heteroatoms. The minimum atomic E-state index is 0. The van der Waals surface area contributed by atoms with Gasteiger partial charge in [-0.3, -0.25) is 0 Å². The van der Waals surface area contributed by atoms with Gasteiger partial charge in [0.15, 0.2) is 0 Å². The van der Waals surface area contributed by atoms with Crippen molar-refractivity contribution in [2.75, 3.05) is 0 Å². The normalized spacial score (nSPS) is 0. The van der Waals surface area contributed by atoms with E-state index in [1.54, 1.807) is 0 Å². The summed E-state index contributed by atoms with van der Waals surface area (Å²) >= 11 is 0. The van der Waals surface area contributed by atoms with E-state index in [2.05, 4.69) is 0 Å². The molecule has 0 nitrogen and oxygen atoms in total. The molecule has 0 saturated heterocycles. The third-order valence-corrected chi connectivity index (χ3v) is 0. The van der Waals surface area contributed by atoms with Crippen molar-refractivity contribution in [2.45, 2.75) is 0 Å². The fourth-order valence-electron chi connectivity index (χ4n) is 0. The Bertz CT molecular complexity index is 8.00. The van der Waals surface area contributed by atoms with E-state index in [1.807, 2.05) is 0 Å². The average molecular weight is 242 g/mol. The van der Waals surface area contributed by atoms with Crippen LogP contribution < -0.4 is 0 Å². The van der Waals surface area contributed by atoms with E-state index in [-0.39, 0.29) is 72.9 Å². The van der Waals surface area contributed by atoms with Gasteiger partial charge in [-0.05, 0) is 0 Å². The Labute approximate surface area is 72.1 Å². The predicted octanol–water partition coefficient (Wildman–Crippen LogP) is -0.281. The van der Waals surface area contributed by atoms with Crippen LogP contribution >= 0.6 is 9.90 Å². The molecule has 0 heterocycles. The van der Waals surface area contributed by atoms with Gasteiger partial charge in [0.25, 0.3) is 0 Å². The molecule has 0 saturated carbocycles. The molecule has 4 heavy (non-hydrogen) atoms. The molecule has 0 atom stereocenters. The van der Waals surface area contributed by atoms with Gasteiger partial charge in [-0.1, -0.05) is 0 Å². The summed E-state index contributed by atoms with van der Waals surface area (Å²) in [5, 5.41) is 0. The first-order chi connectivity index (χ1) is 0. The van der Waals surface area contributed by atoms with Crippen molar-refractivity contribution < 1.29 is 0 Å². The summed E-state index contributed by atoms with van der Waals surface area (Å²) in [5.41, 5.74) is 0. The monoisotopic (exact) mass is 242 g/mol. The third kappa shape index (κ3) is 8.82. The van der Waals surface area contributed by atoms with E-state index in [0.29, 0.717) is 0 Å². The molecular weight excluding hydrogens is 242 g/mol. The molecular formula is AlGaInP. The molecule has 0 unspecified atom stereocenters. The fourth-order valence-corrected chi connectivity index (χ4v) is 0. The molecule has 0 N–H and O–H groups in total. The second-order valence-corrected chi connectivity index (χ2v) is 0. The molecule has 0 rings (SSSR count). The summed E-state index contributed by atoms with van der Waals surface area (Å²) in [5.74, 6) is 0. The first kappa shape index (κ1) is 31.7. The van der Waals surface area contributed by atoms with Crippen LogP contribution in [0.1, 0.15) is 0 Å². The Morgan fingerprint density at radius 2 is 1.00 bits per heavy atom. The zero-order valence-electron chi connectivity index (χ0n) is 2.18. The van der Waals surface area contributed by atoms with Gasteiger partial charge in [-0.2, -0.15) is 0 Å². The van der Waals surface area contributed by atoms with Crippen LogP contribution in [0.2, 0.25) is 0 Å². The zero-order valence-corrected chi connectivity index (χ0v) is 9.95. The van der Waals surface area contributed by atoms with Gasteiger partial charge in [0.1, 0.15) is 0 Å². The van der Waals surface area contributed by atoms with Crippen LogP contribution in [-0.2, 0) is 0 Å². The zero-order chi connectivity index (χ0) is 0. The standard InChI is InChI=1S/Al.Ga.In.P. The molecule has 0 amide bonds. The largest absolute Gasteiger partial charge is 0 e. The molecule has 0 aliphatic carbocycles. The number of rotatable bonds is 0. The molecule has 0 aliphatic rings. The van der Waals surface area contributed by atoms with Crippen LogP contribution in [0.4, 0.5) is 0 Å². The van der Waals surface area contributed by atoms with Gasteiger partial charge >= 0.3 is 0 Å². The van der Waals surface area contributed by atoms with E-state index < -0.39 is 0 Å². The first-order valence-corrected chi connectivity index (χ1v) is 0. The van der Waals surface area contributed by atoms with Gasteiger partial charge in [0.2, 0.25) is 0 Å². The van der Waals surface area contributed by atoms with E-state index in [0.717, 1.165) is 0 Å². The quantitative estimate of drug-likeness (QED) is 0.405. The minimum Gasteiger partial charge on any atom is 0 e. The first-order valence-electron chi connectivity index (χ1n) is 0. The van der Waals surface area contributed by atoms with Gasteiger partial charge in [-0.25, -0.2) is 0 Å². The van der Waals surface area contributed by atoms with E-state index in [9.17, 15) is 0 Å². The maximum absolute atomic E-state index is 0. The van der Waals surface area contributed by atoms with Crippen LogP contribution in [0.25, 0.3) is 0 Å². The maximum atomic E-state index is 0. The number of hydrogen-bond donors (Lipinski definition) is 0. The Kier molecular flexibility index (Phi) is 142. The SMILES string of the molecule is [Al].[Ga].[In].[P]. The second kappa shape index (κ2) is 17.9. The van der Waals surface area contributed by atoms with E-state index in [1.165, 1.54) is 0 Å². The molecule has 0 aliphatic heterocycles. The summed E-state index contributed by atoms with van der Waals surface area (Å²) in [6.45, 7) is 0. The fraction of sp³-hybridized carbons (Fsp3) is 0. The Morgan fingerprint density at radius 1 is 1.00 bits per heavy atom. The molecule has 0 aromatic heterocycles. The van der Waals surface area contributed by atoms with Crippen molar-refractivity contribution in [1.29, 1.82) is 0 Å². The molecule has 0 fully saturated rings. The van der Waals surface area contributed by atoms with Crippen LogP contribution in [0.15, 0.2) is 0 Å². The summed E-state index contributed by atoms with van der Waals surface area (Å²) in [6.07, 6.45) is 0. The average Bonchev–Trinajstić information content (AvgIpc) is 0. The minimum absolute atomic E-state index is 0. The van der Waals surface area contributed by atoms with Crippen molar-refractivity contribution in [2.24, 2.45) is 0 Å². The van der Waals surface area contributed by atoms with Crippen LogP contribution in [0.5, 0.6) is 0 Å². The number of hydrogen-bond acceptors (Lipinski definition) is 0. The summed E-state index contributed by atoms with van der Waals surface area (Å²) in [6, 6.07) is 0. The molecule has 0 spiro atoms. The Balaban J connectivity index is 0. The second-order valence-electron chi connectivity index (χ2n) is 0. The maximum Gasteiger partial charge on any atom is 0 e. The van der Waals surface area contributed by atoms with Gasteiger partial charge in [0.05, 0.1) is 0 Å². The summed E-state index contributed by atoms with van der Waals surface area (Å²) in [7, 11) is 0. The van der Waals surface area contributed by atoms with Crippen molar-refractivity contribution in [1.82, 2.24) is 0 Å². The Morgan fingerprint density at radius 3 is 1.00 bits per heavy atom. The van der Waals surface area contributed by atoms with Crippen molar-refractivity contribution in [3.8, 4) is 0 Å². The van der Waals surface area contributed by atoms with E-state index in [4.69, 9.17) is 0 Å². The Hall–Kier alpha value is 2.47. The van der Waals surface area contributed by atoms with Crippen molar-refractivity contribution in [3.05, 3.63) is 0 Å². The topological polar surface area (TPSA) is 0 Å². The molecule has 0 bridgehead atoms. The summed E-state index contributed by atoms with van der Waals surface area (Å²) in [4.78, 5) is 0. The smallest absolute Gasteiger partial charge is 0 e. The van der Waals surface area contributed by atoms with Crippen molar-refractivity contribution >= 4 is 72.9 Å². The van der Waals surface area contributed by atoms with Gasteiger partial charge < -0.3 is 0 Å². The van der Waals surface area contributed by atoms with Crippen LogP contribution in [0, 0.1) is 0 Å². The molecule has 12 radical (unpaired) electrons. The predicted molar refractivity (Wildman–Crippen MR) is 24.2 cm³/mol. The van der Waals surface area contributed by atoms with Crippen LogP contribution in [-0.4, -0.2) is 63.0 Å². The molecule has 0 aromatic carbocycles. The van der Waals surface area contributed by atoms with Crippen LogP contribution in [0.3, 0.4) is 0 Å². The third-order valence-electron chi connectivity index (χ3n) is 0. The molecule has 0 aromatic rings. The van der Waals surface area contributed by atoms with E-state index >= 15 is 0 Å². The van der Waals surface area contributed by atoms with Gasteiger partial charge in [0, 0.05) is 72.9 Å². The summed E-state index contributed by atoms with van der Waals surface area (Å²) < 4.78 is 0. The van der Waals surface area contributed by atoms with Crippen molar-refractivity contribution in [3.63, 3.8) is 0 Å². The molecule has 14 valence electrons. The van der Waals surface area contributed by atoms with Gasteiger partial charge in [-0.15, -0.1) is 0 Å².